The van der Waals surface area contributed by atoms with Gasteiger partial charge in [-0.15, -0.1) is 5.10 Å². The van der Waals surface area contributed by atoms with Crippen LogP contribution in [-0.2, 0) is 22.7 Å². The monoisotopic (exact) mass is 338 g/mol. The second kappa shape index (κ2) is 8.00. The minimum atomic E-state index is -0.212. The number of fused-ring (bicyclic) bond motifs is 1. The van der Waals surface area contributed by atoms with Crippen molar-refractivity contribution in [2.75, 3.05) is 6.54 Å². The molecule has 2 aromatic heterocycles. The maximum absolute atomic E-state index is 12.0. The first-order valence-electron chi connectivity index (χ1n) is 7.93. The molecule has 8 heteroatoms. The summed E-state index contributed by atoms with van der Waals surface area (Å²) in [7, 11) is 0. The molecule has 0 aliphatic heterocycles. The van der Waals surface area contributed by atoms with E-state index < -0.39 is 0 Å². The number of carbonyl (C=O) groups excluding carboxylic acids is 2. The first kappa shape index (κ1) is 16.6. The third-order valence-corrected chi connectivity index (χ3v) is 3.60. The number of amides is 2. The van der Waals surface area contributed by atoms with Gasteiger partial charge < -0.3 is 10.6 Å². The number of benzene rings is 1. The van der Waals surface area contributed by atoms with E-state index in [4.69, 9.17) is 0 Å². The van der Waals surface area contributed by atoms with Gasteiger partial charge in [-0.3, -0.25) is 14.6 Å². The van der Waals surface area contributed by atoms with Gasteiger partial charge in [-0.2, -0.15) is 0 Å². The minimum Gasteiger partial charge on any atom is -0.354 e. The quantitative estimate of drug-likeness (QED) is 0.658. The average molecular weight is 338 g/mol. The highest BCUT2D eigenvalue weighted by atomic mass is 16.2. The molecule has 0 aliphatic rings. The molecule has 2 amide bonds. The molecular formula is C17H18N6O2. The van der Waals surface area contributed by atoms with Gasteiger partial charge in [-0.1, -0.05) is 23.4 Å². The van der Waals surface area contributed by atoms with E-state index in [2.05, 4.69) is 25.9 Å². The first-order chi connectivity index (χ1) is 12.2. The molecule has 128 valence electrons. The molecule has 3 rings (SSSR count). The fourth-order valence-electron chi connectivity index (χ4n) is 2.33. The lowest BCUT2D eigenvalue weighted by molar-refractivity contribution is -0.122. The molecule has 0 saturated heterocycles. The molecule has 0 spiro atoms. The predicted octanol–water partition coefficient (Wildman–Crippen LogP) is 0.649. The molecule has 8 nitrogen and oxygen atoms in total. The van der Waals surface area contributed by atoms with Crippen molar-refractivity contribution in [3.8, 4) is 0 Å². The standard InChI is InChI=1S/C17H18N6O2/c24-16(20-11-13-4-3-8-18-10-13)7-9-19-17(25)12-23-15-6-2-1-5-14(15)21-22-23/h1-6,8,10H,7,9,11-12H2,(H,19,25)(H,20,24). The second-order valence-corrected chi connectivity index (χ2v) is 5.47. The highest BCUT2D eigenvalue weighted by molar-refractivity contribution is 5.80. The van der Waals surface area contributed by atoms with E-state index in [0.29, 0.717) is 6.54 Å². The van der Waals surface area contributed by atoms with Crippen molar-refractivity contribution in [3.05, 3.63) is 54.4 Å². The van der Waals surface area contributed by atoms with E-state index in [1.54, 1.807) is 12.4 Å². The lowest BCUT2D eigenvalue weighted by Crippen LogP contribution is -2.32. The smallest absolute Gasteiger partial charge is 0.241 e. The fourth-order valence-corrected chi connectivity index (χ4v) is 2.33. The number of pyridine rings is 1. The van der Waals surface area contributed by atoms with Crippen molar-refractivity contribution >= 4 is 22.8 Å². The van der Waals surface area contributed by atoms with Gasteiger partial charge in [0.25, 0.3) is 0 Å². The molecule has 0 saturated carbocycles. The maximum atomic E-state index is 12.0. The van der Waals surface area contributed by atoms with Gasteiger partial charge >= 0.3 is 0 Å². The van der Waals surface area contributed by atoms with Gasteiger partial charge in [-0.05, 0) is 23.8 Å². The highest BCUT2D eigenvalue weighted by Crippen LogP contribution is 2.09. The summed E-state index contributed by atoms with van der Waals surface area (Å²) >= 11 is 0. The lowest BCUT2D eigenvalue weighted by Gasteiger charge is -2.07. The van der Waals surface area contributed by atoms with Gasteiger partial charge in [0.15, 0.2) is 0 Å². The minimum absolute atomic E-state index is 0.0673. The molecule has 0 aliphatic carbocycles. The van der Waals surface area contributed by atoms with Crippen LogP contribution in [0.25, 0.3) is 11.0 Å². The zero-order valence-corrected chi connectivity index (χ0v) is 13.6. The molecule has 3 aromatic rings. The molecule has 0 bridgehead atoms. The number of hydrogen-bond acceptors (Lipinski definition) is 5. The summed E-state index contributed by atoms with van der Waals surface area (Å²) in [5, 5.41) is 13.5. The Morgan fingerprint density at radius 1 is 1.04 bits per heavy atom. The Kier molecular flexibility index (Phi) is 5.30. The number of rotatable bonds is 7. The average Bonchev–Trinajstić information content (AvgIpc) is 3.04. The summed E-state index contributed by atoms with van der Waals surface area (Å²) in [6.07, 6.45) is 3.59. The maximum Gasteiger partial charge on any atom is 0.241 e. The normalized spacial score (nSPS) is 10.6. The molecule has 1 aromatic carbocycles. The number of nitrogens with zero attached hydrogens (tertiary/aromatic N) is 4. The predicted molar refractivity (Wildman–Crippen MR) is 91.2 cm³/mol. The van der Waals surface area contributed by atoms with E-state index in [1.807, 2.05) is 36.4 Å². The highest BCUT2D eigenvalue weighted by Gasteiger charge is 2.09. The molecule has 2 N–H and O–H groups in total. The van der Waals surface area contributed by atoms with Crippen molar-refractivity contribution in [2.24, 2.45) is 0 Å². The zero-order valence-electron chi connectivity index (χ0n) is 13.6. The van der Waals surface area contributed by atoms with Crippen LogP contribution in [0, 0.1) is 0 Å². The Morgan fingerprint density at radius 3 is 2.76 bits per heavy atom. The Bertz CT molecular complexity index is 862. The topological polar surface area (TPSA) is 102 Å². The molecule has 0 fully saturated rings. The van der Waals surface area contributed by atoms with Crippen LogP contribution in [-0.4, -0.2) is 38.3 Å². The van der Waals surface area contributed by atoms with Crippen LogP contribution in [0.5, 0.6) is 0 Å². The van der Waals surface area contributed by atoms with Crippen molar-refractivity contribution in [2.45, 2.75) is 19.5 Å². The SMILES string of the molecule is O=C(CCNC(=O)Cn1nnc2ccccc21)NCc1cccnc1. The van der Waals surface area contributed by atoms with E-state index in [0.717, 1.165) is 16.6 Å². The number of hydrogen-bond donors (Lipinski definition) is 2. The summed E-state index contributed by atoms with van der Waals surface area (Å²) in [5.74, 6) is -0.342. The molecule has 0 unspecified atom stereocenters. The van der Waals surface area contributed by atoms with Gasteiger partial charge in [-0.25, -0.2) is 4.68 Å². The van der Waals surface area contributed by atoms with Gasteiger partial charge in [0, 0.05) is 31.9 Å². The zero-order chi connectivity index (χ0) is 17.5. The summed E-state index contributed by atoms with van der Waals surface area (Å²) < 4.78 is 1.53. The number of para-hydroxylation sites is 1. The van der Waals surface area contributed by atoms with E-state index in [1.165, 1.54) is 4.68 Å². The number of nitrogens with one attached hydrogen (secondary N) is 2. The molecule has 25 heavy (non-hydrogen) atoms. The summed E-state index contributed by atoms with van der Waals surface area (Å²) in [6.45, 7) is 0.758. The number of aromatic nitrogens is 4. The van der Waals surface area contributed by atoms with Crippen molar-refractivity contribution < 1.29 is 9.59 Å². The summed E-state index contributed by atoms with van der Waals surface area (Å²) in [5.41, 5.74) is 2.47. The van der Waals surface area contributed by atoms with Crippen LogP contribution in [0.1, 0.15) is 12.0 Å². The van der Waals surface area contributed by atoms with Crippen LogP contribution < -0.4 is 10.6 Å². The van der Waals surface area contributed by atoms with Crippen LogP contribution in [0.2, 0.25) is 0 Å². The number of carbonyl (C=O) groups is 2. The van der Waals surface area contributed by atoms with Crippen molar-refractivity contribution in [1.82, 2.24) is 30.6 Å². The Labute approximate surface area is 144 Å². The summed E-state index contributed by atoms with van der Waals surface area (Å²) in [4.78, 5) is 27.7. The molecular weight excluding hydrogens is 320 g/mol. The van der Waals surface area contributed by atoms with Crippen LogP contribution in [0.15, 0.2) is 48.8 Å². The first-order valence-corrected chi connectivity index (χ1v) is 7.93. The Morgan fingerprint density at radius 2 is 1.92 bits per heavy atom. The Balaban J connectivity index is 1.39. The van der Waals surface area contributed by atoms with Gasteiger partial charge in [0.1, 0.15) is 12.1 Å². The van der Waals surface area contributed by atoms with Crippen LogP contribution in [0.4, 0.5) is 0 Å². The van der Waals surface area contributed by atoms with Gasteiger partial charge in [0.2, 0.25) is 11.8 Å². The second-order valence-electron chi connectivity index (χ2n) is 5.47. The van der Waals surface area contributed by atoms with Crippen molar-refractivity contribution in [1.29, 1.82) is 0 Å². The van der Waals surface area contributed by atoms with E-state index >= 15 is 0 Å². The molecule has 0 atom stereocenters. The largest absolute Gasteiger partial charge is 0.354 e. The Hall–Kier alpha value is -3.29. The van der Waals surface area contributed by atoms with Crippen LogP contribution >= 0.6 is 0 Å². The molecule has 0 radical (unpaired) electrons. The third kappa shape index (κ3) is 4.60. The van der Waals surface area contributed by atoms with E-state index in [-0.39, 0.29) is 31.3 Å². The van der Waals surface area contributed by atoms with Gasteiger partial charge in [0.05, 0.1) is 5.52 Å². The summed E-state index contributed by atoms with van der Waals surface area (Å²) in [6, 6.07) is 11.1. The molecule has 2 heterocycles. The third-order valence-electron chi connectivity index (χ3n) is 3.60. The van der Waals surface area contributed by atoms with E-state index in [9.17, 15) is 9.59 Å². The van der Waals surface area contributed by atoms with Crippen LogP contribution in [0.3, 0.4) is 0 Å². The fraction of sp³-hybridized carbons (Fsp3) is 0.235. The van der Waals surface area contributed by atoms with Crippen molar-refractivity contribution in [3.63, 3.8) is 0 Å². The lowest BCUT2D eigenvalue weighted by atomic mass is 10.3.